The highest BCUT2D eigenvalue weighted by Gasteiger charge is 2.30. The second-order valence-corrected chi connectivity index (χ2v) is 10.7. The minimum atomic E-state index is -3.97. The second kappa shape index (κ2) is 9.46. The summed E-state index contributed by atoms with van der Waals surface area (Å²) in [5.74, 6) is -1.14. The molecule has 0 unspecified atom stereocenters. The van der Waals surface area contributed by atoms with Gasteiger partial charge in [0.1, 0.15) is 10.8 Å². The van der Waals surface area contributed by atoms with E-state index in [0.717, 1.165) is 58.3 Å². The van der Waals surface area contributed by atoms with Crippen LogP contribution in [0, 0.1) is 11.7 Å². The Morgan fingerprint density at radius 2 is 1.97 bits per heavy atom. The molecule has 1 aromatic carbocycles. The Morgan fingerprint density at radius 1 is 1.29 bits per heavy atom. The topological polar surface area (TPSA) is 92.8 Å². The minimum absolute atomic E-state index is 0.114. The zero-order valence-corrected chi connectivity index (χ0v) is 19.2. The van der Waals surface area contributed by atoms with Crippen LogP contribution in [0.3, 0.4) is 0 Å². The van der Waals surface area contributed by atoms with Crippen LogP contribution in [-0.4, -0.2) is 44.8 Å². The van der Waals surface area contributed by atoms with E-state index in [-0.39, 0.29) is 11.5 Å². The number of hydrogen-bond donors (Lipinski definition) is 1. The van der Waals surface area contributed by atoms with E-state index in [4.69, 9.17) is 4.74 Å². The third-order valence-corrected chi connectivity index (χ3v) is 8.12. The Morgan fingerprint density at radius 3 is 2.61 bits per heavy atom. The summed E-state index contributed by atoms with van der Waals surface area (Å²) >= 11 is 1.34. The maximum Gasteiger partial charge on any atom is 0.341 e. The molecule has 0 saturated heterocycles. The quantitative estimate of drug-likeness (QED) is 0.629. The molecule has 1 amide bonds. The van der Waals surface area contributed by atoms with Gasteiger partial charge in [0.05, 0.1) is 23.6 Å². The summed E-state index contributed by atoms with van der Waals surface area (Å²) in [5, 5.41) is 3.08. The first kappa shape index (κ1) is 23.4. The van der Waals surface area contributed by atoms with Gasteiger partial charge in [-0.3, -0.25) is 4.79 Å². The Labute approximate surface area is 185 Å². The number of thiophene rings is 1. The van der Waals surface area contributed by atoms with E-state index < -0.39 is 34.3 Å². The third kappa shape index (κ3) is 5.13. The number of sulfonamides is 1. The van der Waals surface area contributed by atoms with Crippen LogP contribution in [0.2, 0.25) is 0 Å². The van der Waals surface area contributed by atoms with Crippen molar-refractivity contribution < 1.29 is 27.1 Å². The first-order valence-electron chi connectivity index (χ1n) is 9.96. The van der Waals surface area contributed by atoms with Crippen molar-refractivity contribution in [1.29, 1.82) is 0 Å². The predicted molar refractivity (Wildman–Crippen MR) is 116 cm³/mol. The van der Waals surface area contributed by atoms with Crippen molar-refractivity contribution >= 4 is 38.2 Å². The number of rotatable bonds is 7. The molecule has 1 N–H and O–H groups in total. The van der Waals surface area contributed by atoms with E-state index >= 15 is 0 Å². The molecule has 0 radical (unpaired) electrons. The number of amides is 1. The number of fused-ring (bicyclic) bond motifs is 1. The molecule has 10 heteroatoms. The van der Waals surface area contributed by atoms with Crippen LogP contribution < -0.4 is 5.32 Å². The van der Waals surface area contributed by atoms with Crippen LogP contribution >= 0.6 is 11.3 Å². The summed E-state index contributed by atoms with van der Waals surface area (Å²) in [6, 6.07) is 4.38. The second-order valence-electron chi connectivity index (χ2n) is 7.54. The van der Waals surface area contributed by atoms with Crippen LogP contribution in [0.5, 0.6) is 0 Å². The smallest absolute Gasteiger partial charge is 0.341 e. The number of nitrogens with one attached hydrogen (secondary N) is 1. The van der Waals surface area contributed by atoms with Crippen LogP contribution in [0.15, 0.2) is 29.2 Å². The molecule has 0 saturated carbocycles. The summed E-state index contributed by atoms with van der Waals surface area (Å²) in [5.41, 5.74) is 1.27. The molecule has 31 heavy (non-hydrogen) atoms. The summed E-state index contributed by atoms with van der Waals surface area (Å²) in [4.78, 5) is 26.1. The number of anilines is 1. The molecule has 0 aliphatic heterocycles. The maximum absolute atomic E-state index is 13.1. The first-order valence-corrected chi connectivity index (χ1v) is 12.2. The van der Waals surface area contributed by atoms with Gasteiger partial charge in [0.2, 0.25) is 15.9 Å². The van der Waals surface area contributed by atoms with Crippen molar-refractivity contribution in [3.63, 3.8) is 0 Å². The van der Waals surface area contributed by atoms with Crippen LogP contribution in [-0.2, 0) is 32.4 Å². The monoisotopic (exact) mass is 468 g/mol. The summed E-state index contributed by atoms with van der Waals surface area (Å²) in [6.07, 6.45) is 2.50. The van der Waals surface area contributed by atoms with E-state index in [1.165, 1.54) is 18.4 Å². The van der Waals surface area contributed by atoms with Crippen LogP contribution in [0.25, 0.3) is 0 Å². The fourth-order valence-corrected chi connectivity index (χ4v) is 6.04. The number of esters is 1. The fraction of sp³-hybridized carbons (Fsp3) is 0.429. The molecule has 1 aliphatic rings. The highest BCUT2D eigenvalue weighted by atomic mass is 32.2. The van der Waals surface area contributed by atoms with Crippen molar-refractivity contribution in [2.24, 2.45) is 5.92 Å². The highest BCUT2D eigenvalue weighted by molar-refractivity contribution is 7.89. The number of benzene rings is 1. The number of hydrogen-bond acceptors (Lipinski definition) is 6. The molecule has 1 atom stereocenters. The number of nitrogens with zero attached hydrogens (tertiary/aromatic N) is 1. The van der Waals surface area contributed by atoms with E-state index in [2.05, 4.69) is 12.2 Å². The van der Waals surface area contributed by atoms with Crippen LogP contribution in [0.1, 0.15) is 41.1 Å². The van der Waals surface area contributed by atoms with Crippen molar-refractivity contribution in [2.45, 2.75) is 38.0 Å². The molecular formula is C21H25FN2O5S2. The lowest BCUT2D eigenvalue weighted by Gasteiger charge is -2.18. The van der Waals surface area contributed by atoms with Crippen LogP contribution in [0.4, 0.5) is 9.39 Å². The summed E-state index contributed by atoms with van der Waals surface area (Å²) in [7, 11) is -2.70. The molecule has 168 valence electrons. The van der Waals surface area contributed by atoms with Gasteiger partial charge in [-0.25, -0.2) is 17.6 Å². The molecule has 1 aromatic heterocycles. The number of halogens is 1. The van der Waals surface area contributed by atoms with E-state index in [1.807, 2.05) is 0 Å². The molecule has 0 bridgehead atoms. The van der Waals surface area contributed by atoms with E-state index in [9.17, 15) is 22.4 Å². The summed E-state index contributed by atoms with van der Waals surface area (Å²) in [6.45, 7) is 3.61. The Balaban J connectivity index is 1.79. The Bertz CT molecular complexity index is 1080. The van der Waals surface area contributed by atoms with Gasteiger partial charge in [0.25, 0.3) is 0 Å². The first-order chi connectivity index (χ1) is 14.6. The number of likely N-dealkylation sites (N-methyl/N-ethyl adjacent to an activating group) is 1. The van der Waals surface area contributed by atoms with Gasteiger partial charge in [0, 0.05) is 11.9 Å². The Hall–Kier alpha value is -2.30. The molecule has 2 aromatic rings. The van der Waals surface area contributed by atoms with Gasteiger partial charge in [-0.05, 0) is 61.9 Å². The number of carbonyl (C=O) groups is 2. The Kier molecular flexibility index (Phi) is 7.13. The molecule has 0 fully saturated rings. The molecule has 0 spiro atoms. The van der Waals surface area contributed by atoms with Crippen molar-refractivity contribution in [1.82, 2.24) is 4.31 Å². The average Bonchev–Trinajstić information content (AvgIpc) is 3.05. The molecule has 1 heterocycles. The standard InChI is InChI=1S/C21H25FN2O5S2/c1-4-29-21(26)19-16-10-5-13(2)11-17(16)30-20(19)23-18(25)12-24(3)31(27,28)15-8-6-14(22)7-9-15/h6-9,13H,4-5,10-12H2,1-3H3,(H,23,25)/t13-/m0/s1. The third-order valence-electron chi connectivity index (χ3n) is 5.13. The highest BCUT2D eigenvalue weighted by Crippen LogP contribution is 2.40. The largest absolute Gasteiger partial charge is 0.462 e. The molecule has 7 nitrogen and oxygen atoms in total. The lowest BCUT2D eigenvalue weighted by Crippen LogP contribution is -2.35. The number of carbonyl (C=O) groups excluding carboxylic acids is 2. The maximum atomic E-state index is 13.1. The number of ether oxygens (including phenoxy) is 1. The fourth-order valence-electron chi connectivity index (χ4n) is 3.50. The zero-order chi connectivity index (χ0) is 22.8. The lowest BCUT2D eigenvalue weighted by molar-refractivity contribution is -0.116. The van der Waals surface area contributed by atoms with E-state index in [1.54, 1.807) is 6.92 Å². The molecule has 3 rings (SSSR count). The molecular weight excluding hydrogens is 443 g/mol. The van der Waals surface area contributed by atoms with Gasteiger partial charge < -0.3 is 10.1 Å². The van der Waals surface area contributed by atoms with Crippen molar-refractivity contribution in [2.75, 3.05) is 25.5 Å². The van der Waals surface area contributed by atoms with Gasteiger partial charge in [-0.1, -0.05) is 6.92 Å². The van der Waals surface area contributed by atoms with Gasteiger partial charge in [-0.2, -0.15) is 4.31 Å². The zero-order valence-electron chi connectivity index (χ0n) is 17.6. The summed E-state index contributed by atoms with van der Waals surface area (Å²) < 4.78 is 44.4. The van der Waals surface area contributed by atoms with Crippen molar-refractivity contribution in [3.8, 4) is 0 Å². The normalized spacial score (nSPS) is 16.1. The average molecular weight is 469 g/mol. The predicted octanol–water partition coefficient (Wildman–Crippen LogP) is 3.45. The van der Waals surface area contributed by atoms with E-state index in [0.29, 0.717) is 16.5 Å². The van der Waals surface area contributed by atoms with Gasteiger partial charge in [-0.15, -0.1) is 11.3 Å². The molecule has 1 aliphatic carbocycles. The van der Waals surface area contributed by atoms with Gasteiger partial charge >= 0.3 is 5.97 Å². The van der Waals surface area contributed by atoms with Gasteiger partial charge in [0.15, 0.2) is 0 Å². The lowest BCUT2D eigenvalue weighted by atomic mass is 9.88. The van der Waals surface area contributed by atoms with Crippen molar-refractivity contribution in [3.05, 3.63) is 46.1 Å². The minimum Gasteiger partial charge on any atom is -0.462 e. The SMILES string of the molecule is CCOC(=O)c1c(NC(=O)CN(C)S(=O)(=O)c2ccc(F)cc2)sc2c1CC[C@H](C)C2.